The van der Waals surface area contributed by atoms with E-state index < -0.39 is 13.9 Å². The van der Waals surface area contributed by atoms with Gasteiger partial charge in [-0.3, -0.25) is 4.90 Å². The molecule has 0 spiro atoms. The summed E-state index contributed by atoms with van der Waals surface area (Å²) >= 11 is 0. The Bertz CT molecular complexity index is 1150. The number of piperidine rings is 2. The van der Waals surface area contributed by atoms with E-state index in [9.17, 15) is 4.79 Å². The highest BCUT2D eigenvalue weighted by atomic mass is 28.4. The maximum absolute atomic E-state index is 13.8. The molecule has 3 saturated heterocycles. The molecule has 6 atom stereocenters. The zero-order chi connectivity index (χ0) is 28.3. The second-order valence-corrected chi connectivity index (χ2v) is 19.0. The van der Waals surface area contributed by atoms with Gasteiger partial charge in [0.25, 0.3) is 8.32 Å². The Labute approximate surface area is 242 Å². The molecule has 0 aromatic heterocycles. The first-order valence-corrected chi connectivity index (χ1v) is 17.5. The van der Waals surface area contributed by atoms with Crippen molar-refractivity contribution < 1.29 is 14.0 Å². The molecule has 3 heterocycles. The normalized spacial score (nSPS) is 30.6. The third kappa shape index (κ3) is 4.74. The van der Waals surface area contributed by atoms with E-state index in [4.69, 9.17) is 9.16 Å². The number of nitrogens with one attached hydrogen (secondary N) is 1. The van der Waals surface area contributed by atoms with Crippen LogP contribution in [0.25, 0.3) is 0 Å². The molecule has 5 unspecified atom stereocenters. The fourth-order valence-electron chi connectivity index (χ4n) is 8.59. The molecule has 4 fully saturated rings. The Morgan fingerprint density at radius 2 is 1.35 bits per heavy atom. The van der Waals surface area contributed by atoms with Crippen LogP contribution in [0.4, 0.5) is 4.79 Å². The number of rotatable bonds is 5. The number of nitrogens with zero attached hydrogens (tertiary/aromatic N) is 1. The van der Waals surface area contributed by atoms with Gasteiger partial charge in [-0.1, -0.05) is 94.3 Å². The van der Waals surface area contributed by atoms with Crippen LogP contribution in [-0.4, -0.2) is 55.2 Å². The highest BCUT2D eigenvalue weighted by Gasteiger charge is 2.64. The number of fused-ring (bicyclic) bond motifs is 2. The van der Waals surface area contributed by atoms with E-state index in [0.29, 0.717) is 12.0 Å². The summed E-state index contributed by atoms with van der Waals surface area (Å²) in [7, 11) is -2.80. The van der Waals surface area contributed by atoms with Gasteiger partial charge in [-0.05, 0) is 73.7 Å². The van der Waals surface area contributed by atoms with Gasteiger partial charge in [0.1, 0.15) is 5.60 Å². The maximum Gasteiger partial charge on any atom is 0.410 e. The first-order valence-electron chi connectivity index (χ1n) is 15.6. The molecule has 3 bridgehead atoms. The fourth-order valence-corrected chi connectivity index (χ4v) is 13.3. The number of benzene rings is 2. The molecule has 0 radical (unpaired) electrons. The third-order valence-corrected chi connectivity index (χ3v) is 15.1. The Kier molecular flexibility index (Phi) is 7.20. The summed E-state index contributed by atoms with van der Waals surface area (Å²) in [5, 5.41) is 6.64. The Morgan fingerprint density at radius 1 is 0.800 bits per heavy atom. The van der Waals surface area contributed by atoms with Gasteiger partial charge >= 0.3 is 6.09 Å². The van der Waals surface area contributed by atoms with E-state index in [1.54, 1.807) is 0 Å². The molecule has 5 nitrogen and oxygen atoms in total. The lowest BCUT2D eigenvalue weighted by Gasteiger charge is -2.48. The zero-order valence-corrected chi connectivity index (χ0v) is 26.2. The van der Waals surface area contributed by atoms with Crippen molar-refractivity contribution in [2.45, 2.75) is 121 Å². The molecule has 40 heavy (non-hydrogen) atoms. The molecule has 2 aromatic carbocycles. The van der Waals surface area contributed by atoms with Crippen LogP contribution in [0.3, 0.4) is 0 Å². The van der Waals surface area contributed by atoms with Gasteiger partial charge in [0.2, 0.25) is 0 Å². The minimum absolute atomic E-state index is 0.0177. The van der Waals surface area contributed by atoms with E-state index in [2.05, 4.69) is 91.7 Å². The first-order chi connectivity index (χ1) is 19.0. The number of ether oxygens (including phenoxy) is 1. The highest BCUT2D eigenvalue weighted by molar-refractivity contribution is 6.99. The van der Waals surface area contributed by atoms with Crippen molar-refractivity contribution in [1.29, 1.82) is 0 Å². The topological polar surface area (TPSA) is 50.8 Å². The monoisotopic (exact) mass is 560 g/mol. The van der Waals surface area contributed by atoms with Gasteiger partial charge in [0, 0.05) is 6.04 Å². The Balaban J connectivity index is 1.44. The largest absolute Gasteiger partial charge is 0.444 e. The molecule has 6 heteroatoms. The summed E-state index contributed by atoms with van der Waals surface area (Å²) in [6.45, 7) is 12.9. The average Bonchev–Trinajstić information content (AvgIpc) is 3.46. The molecule has 216 valence electrons. The minimum atomic E-state index is -2.80. The molecule has 6 rings (SSSR count). The van der Waals surface area contributed by atoms with E-state index in [0.717, 1.165) is 18.8 Å². The van der Waals surface area contributed by atoms with Gasteiger partial charge in [-0.2, -0.15) is 0 Å². The average molecular weight is 561 g/mol. The van der Waals surface area contributed by atoms with Crippen LogP contribution in [0.5, 0.6) is 0 Å². The van der Waals surface area contributed by atoms with Crippen molar-refractivity contribution in [3.8, 4) is 0 Å². The lowest BCUT2D eigenvalue weighted by molar-refractivity contribution is -0.0145. The fraction of sp³-hybridized carbons (Fsp3) is 0.618. The predicted octanol–water partition coefficient (Wildman–Crippen LogP) is 5.86. The van der Waals surface area contributed by atoms with E-state index in [1.165, 1.54) is 36.1 Å². The van der Waals surface area contributed by atoms with Crippen LogP contribution in [-0.2, 0) is 9.16 Å². The van der Waals surface area contributed by atoms with Crippen LogP contribution >= 0.6 is 0 Å². The second kappa shape index (κ2) is 10.3. The summed E-state index contributed by atoms with van der Waals surface area (Å²) < 4.78 is 13.9. The van der Waals surface area contributed by atoms with Crippen molar-refractivity contribution in [3.05, 3.63) is 60.7 Å². The van der Waals surface area contributed by atoms with Crippen LogP contribution in [0, 0.1) is 11.8 Å². The van der Waals surface area contributed by atoms with Crippen LogP contribution in [0.15, 0.2) is 60.7 Å². The highest BCUT2D eigenvalue weighted by Crippen LogP contribution is 2.50. The third-order valence-electron chi connectivity index (χ3n) is 10.1. The Hall–Kier alpha value is -2.15. The van der Waals surface area contributed by atoms with E-state index in [1.807, 2.05) is 20.8 Å². The molecule has 2 aromatic rings. The van der Waals surface area contributed by atoms with Crippen molar-refractivity contribution >= 4 is 24.8 Å². The first kappa shape index (κ1) is 28.0. The van der Waals surface area contributed by atoms with Crippen LogP contribution in [0.2, 0.25) is 5.04 Å². The summed E-state index contributed by atoms with van der Waals surface area (Å²) in [6, 6.07) is 22.6. The smallest absolute Gasteiger partial charge is 0.410 e. The molecule has 3 aliphatic heterocycles. The molecule has 4 aliphatic rings. The number of hydrogen-bond acceptors (Lipinski definition) is 4. The molecule has 1 amide bonds. The Morgan fingerprint density at radius 3 is 1.88 bits per heavy atom. The summed E-state index contributed by atoms with van der Waals surface area (Å²) in [6.07, 6.45) is 7.12. The van der Waals surface area contributed by atoms with Crippen LogP contribution < -0.4 is 15.7 Å². The number of hydrogen-bond donors (Lipinski definition) is 1. The number of carbonyl (C=O) groups excluding carboxylic acids is 1. The summed E-state index contributed by atoms with van der Waals surface area (Å²) in [5.41, 5.74) is -0.527. The summed E-state index contributed by atoms with van der Waals surface area (Å²) in [4.78, 5) is 15.9. The van der Waals surface area contributed by atoms with Gasteiger partial charge in [-0.25, -0.2) is 4.79 Å². The van der Waals surface area contributed by atoms with Crippen molar-refractivity contribution in [1.82, 2.24) is 10.2 Å². The number of amides is 1. The van der Waals surface area contributed by atoms with Crippen molar-refractivity contribution in [2.75, 3.05) is 0 Å². The maximum atomic E-state index is 13.8. The zero-order valence-electron chi connectivity index (χ0n) is 25.2. The van der Waals surface area contributed by atoms with Crippen LogP contribution in [0.1, 0.15) is 80.1 Å². The molecule has 1 aliphatic carbocycles. The lowest BCUT2D eigenvalue weighted by atomic mass is 9.76. The number of carbonyl (C=O) groups is 1. The summed E-state index contributed by atoms with van der Waals surface area (Å²) in [5.74, 6) is 1.33. The van der Waals surface area contributed by atoms with Gasteiger partial charge < -0.3 is 14.5 Å². The van der Waals surface area contributed by atoms with Gasteiger partial charge in [0.15, 0.2) is 0 Å². The lowest BCUT2D eigenvalue weighted by Crippen LogP contribution is -2.69. The second-order valence-electron chi connectivity index (χ2n) is 14.8. The minimum Gasteiger partial charge on any atom is -0.444 e. The van der Waals surface area contributed by atoms with Gasteiger partial charge in [0.05, 0.1) is 24.2 Å². The molecule has 1 N–H and O–H groups in total. The van der Waals surface area contributed by atoms with E-state index >= 15 is 0 Å². The van der Waals surface area contributed by atoms with Crippen molar-refractivity contribution in [2.24, 2.45) is 11.8 Å². The van der Waals surface area contributed by atoms with Gasteiger partial charge in [-0.15, -0.1) is 0 Å². The standard InChI is InChI=1S/C34H48N2O3Si/c1-33(2,3)38-32(37)36-27-21-24-22-28(36)31(30(27)35-29(24)23-15-13-14-16-23)39-40(34(4,5)6,25-17-9-7-10-18-25)26-19-11-8-12-20-26/h7-12,17-20,23-24,27-31,35H,13-16,21-22H2,1-6H3/t24?,27?,28?,29?,30?,31-/m0/s1. The molecular formula is C34H48N2O3Si. The quantitative estimate of drug-likeness (QED) is 0.466. The molecule has 1 saturated carbocycles. The van der Waals surface area contributed by atoms with Crippen molar-refractivity contribution in [3.63, 3.8) is 0 Å². The predicted molar refractivity (Wildman–Crippen MR) is 164 cm³/mol. The molecular weight excluding hydrogens is 512 g/mol. The SMILES string of the molecule is CC(C)(C)OC(=O)N1C2CC3CC1[C@H](O[Si](c1ccccc1)(c1ccccc1)C(C)(C)C)C2NC3C1CCCC1. The van der Waals surface area contributed by atoms with E-state index in [-0.39, 0.29) is 35.4 Å².